The number of ether oxygens (including phenoxy) is 2. The number of esters is 1. The molecule has 0 saturated carbocycles. The van der Waals surface area contributed by atoms with Crippen LogP contribution in [0.5, 0.6) is 0 Å². The lowest BCUT2D eigenvalue weighted by atomic mass is 9.75. The molecule has 0 spiro atoms. The SMILES string of the molecule is CCOC(=O)C(CCC(CC(=O)O)NC(=O)OCc1ccccc1)(CC(=O)O)c1ccc([N+](=O)[O-])cn1. The molecule has 13 heteroatoms. The Morgan fingerprint density at radius 1 is 1.08 bits per heavy atom. The molecular formula is C24H27N3O10. The first-order chi connectivity index (χ1) is 17.6. The number of benzene rings is 1. The molecule has 1 heterocycles. The van der Waals surface area contributed by atoms with Gasteiger partial charge in [-0.3, -0.25) is 29.5 Å². The van der Waals surface area contributed by atoms with Crippen LogP contribution in [0.25, 0.3) is 0 Å². The van der Waals surface area contributed by atoms with E-state index in [4.69, 9.17) is 9.47 Å². The Kier molecular flexibility index (Phi) is 10.5. The largest absolute Gasteiger partial charge is 0.481 e. The number of carboxylic acid groups (broad SMARTS) is 2. The molecule has 0 radical (unpaired) electrons. The van der Waals surface area contributed by atoms with Gasteiger partial charge in [0.1, 0.15) is 18.2 Å². The van der Waals surface area contributed by atoms with Crippen LogP contribution < -0.4 is 5.32 Å². The van der Waals surface area contributed by atoms with E-state index >= 15 is 0 Å². The number of carbonyl (C=O) groups is 4. The van der Waals surface area contributed by atoms with E-state index in [-0.39, 0.29) is 37.4 Å². The Hall–Kier alpha value is -4.55. The maximum absolute atomic E-state index is 13.0. The highest BCUT2D eigenvalue weighted by molar-refractivity contribution is 5.88. The van der Waals surface area contributed by atoms with Gasteiger partial charge in [-0.1, -0.05) is 30.3 Å². The number of carboxylic acids is 2. The predicted molar refractivity (Wildman–Crippen MR) is 126 cm³/mol. The molecule has 0 aliphatic carbocycles. The van der Waals surface area contributed by atoms with Crippen LogP contribution in [0, 0.1) is 10.1 Å². The van der Waals surface area contributed by atoms with Gasteiger partial charge in [-0.2, -0.15) is 0 Å². The number of aliphatic carboxylic acids is 2. The van der Waals surface area contributed by atoms with Gasteiger partial charge in [0.25, 0.3) is 5.69 Å². The highest BCUT2D eigenvalue weighted by Gasteiger charge is 2.45. The van der Waals surface area contributed by atoms with Crippen LogP contribution in [0.1, 0.15) is 43.9 Å². The molecule has 198 valence electrons. The van der Waals surface area contributed by atoms with Crippen molar-refractivity contribution in [3.8, 4) is 0 Å². The highest BCUT2D eigenvalue weighted by atomic mass is 16.6. The maximum Gasteiger partial charge on any atom is 0.407 e. The second-order valence-electron chi connectivity index (χ2n) is 8.07. The minimum absolute atomic E-state index is 0.0645. The van der Waals surface area contributed by atoms with Gasteiger partial charge >= 0.3 is 24.0 Å². The average molecular weight is 517 g/mol. The summed E-state index contributed by atoms with van der Waals surface area (Å²) >= 11 is 0. The van der Waals surface area contributed by atoms with E-state index in [0.29, 0.717) is 5.56 Å². The van der Waals surface area contributed by atoms with E-state index in [9.17, 15) is 39.5 Å². The van der Waals surface area contributed by atoms with Gasteiger partial charge in [0.2, 0.25) is 0 Å². The van der Waals surface area contributed by atoms with Crippen molar-refractivity contribution in [1.29, 1.82) is 0 Å². The zero-order valence-electron chi connectivity index (χ0n) is 20.0. The van der Waals surface area contributed by atoms with Crippen LogP contribution in [0.3, 0.4) is 0 Å². The van der Waals surface area contributed by atoms with Gasteiger partial charge in [0.05, 0.1) is 30.1 Å². The van der Waals surface area contributed by atoms with E-state index in [2.05, 4.69) is 10.3 Å². The Balaban J connectivity index is 2.29. The molecule has 0 aliphatic rings. The smallest absolute Gasteiger partial charge is 0.407 e. The summed E-state index contributed by atoms with van der Waals surface area (Å²) in [5.74, 6) is -3.57. The summed E-state index contributed by atoms with van der Waals surface area (Å²) in [6.07, 6.45) is -1.80. The molecule has 0 fully saturated rings. The van der Waals surface area contributed by atoms with Crippen molar-refractivity contribution in [1.82, 2.24) is 10.3 Å². The molecule has 3 N–H and O–H groups in total. The van der Waals surface area contributed by atoms with E-state index in [1.54, 1.807) is 30.3 Å². The zero-order valence-corrected chi connectivity index (χ0v) is 20.0. The van der Waals surface area contributed by atoms with Gasteiger partial charge in [-0.25, -0.2) is 4.79 Å². The molecule has 0 saturated heterocycles. The van der Waals surface area contributed by atoms with E-state index < -0.39 is 53.2 Å². The molecule has 2 aromatic rings. The average Bonchev–Trinajstić information content (AvgIpc) is 2.85. The number of nitrogens with zero attached hydrogens (tertiary/aromatic N) is 2. The third-order valence-corrected chi connectivity index (χ3v) is 5.44. The third-order valence-electron chi connectivity index (χ3n) is 5.44. The second kappa shape index (κ2) is 13.5. The summed E-state index contributed by atoms with van der Waals surface area (Å²) < 4.78 is 10.3. The van der Waals surface area contributed by atoms with Gasteiger partial charge in [-0.05, 0) is 31.4 Å². The molecule has 13 nitrogen and oxygen atoms in total. The van der Waals surface area contributed by atoms with Crippen molar-refractivity contribution < 1.29 is 43.8 Å². The molecular weight excluding hydrogens is 490 g/mol. The molecule has 1 amide bonds. The lowest BCUT2D eigenvalue weighted by Crippen LogP contribution is -2.43. The number of carbonyl (C=O) groups excluding carboxylic acids is 2. The molecule has 2 rings (SSSR count). The van der Waals surface area contributed by atoms with Crippen LogP contribution in [-0.4, -0.2) is 56.8 Å². The van der Waals surface area contributed by atoms with Gasteiger partial charge in [0, 0.05) is 12.1 Å². The third kappa shape index (κ3) is 8.56. The number of alkyl carbamates (subject to hydrolysis) is 1. The fourth-order valence-electron chi connectivity index (χ4n) is 3.68. The maximum atomic E-state index is 13.0. The Bertz CT molecular complexity index is 1110. The minimum atomic E-state index is -1.90. The topological polar surface area (TPSA) is 195 Å². The fourth-order valence-corrected chi connectivity index (χ4v) is 3.68. The first-order valence-electron chi connectivity index (χ1n) is 11.3. The molecule has 1 aromatic heterocycles. The van der Waals surface area contributed by atoms with Crippen molar-refractivity contribution in [2.45, 2.75) is 50.7 Å². The molecule has 2 atom stereocenters. The predicted octanol–water partition coefficient (Wildman–Crippen LogP) is 2.82. The van der Waals surface area contributed by atoms with Crippen LogP contribution in [0.15, 0.2) is 48.7 Å². The minimum Gasteiger partial charge on any atom is -0.481 e. The summed E-state index contributed by atoms with van der Waals surface area (Å²) in [4.78, 5) is 62.8. The molecule has 37 heavy (non-hydrogen) atoms. The summed E-state index contributed by atoms with van der Waals surface area (Å²) in [5, 5.41) is 32.3. The van der Waals surface area contributed by atoms with Crippen molar-refractivity contribution in [2.75, 3.05) is 6.61 Å². The Morgan fingerprint density at radius 2 is 1.78 bits per heavy atom. The number of pyridine rings is 1. The van der Waals surface area contributed by atoms with Crippen molar-refractivity contribution >= 4 is 29.7 Å². The molecule has 1 aromatic carbocycles. The molecule has 0 aliphatic heterocycles. The van der Waals surface area contributed by atoms with E-state index in [0.717, 1.165) is 18.3 Å². The monoisotopic (exact) mass is 517 g/mol. The van der Waals surface area contributed by atoms with Crippen LogP contribution in [0.2, 0.25) is 0 Å². The van der Waals surface area contributed by atoms with Crippen LogP contribution in [-0.2, 0) is 35.9 Å². The summed E-state index contributed by atoms with van der Waals surface area (Å²) in [5.41, 5.74) is -1.66. The number of hydrogen-bond acceptors (Lipinski definition) is 9. The van der Waals surface area contributed by atoms with Gasteiger partial charge in [-0.15, -0.1) is 0 Å². The summed E-state index contributed by atoms with van der Waals surface area (Å²) in [6.45, 7) is 1.37. The Morgan fingerprint density at radius 3 is 2.32 bits per heavy atom. The lowest BCUT2D eigenvalue weighted by Gasteiger charge is -2.31. The Labute approximate surface area is 211 Å². The van der Waals surface area contributed by atoms with Gasteiger partial charge in [0.15, 0.2) is 0 Å². The normalized spacial score (nSPS) is 13.0. The number of amides is 1. The van der Waals surface area contributed by atoms with Crippen molar-refractivity contribution in [3.63, 3.8) is 0 Å². The highest BCUT2D eigenvalue weighted by Crippen LogP contribution is 2.35. The first-order valence-corrected chi connectivity index (χ1v) is 11.3. The zero-order chi connectivity index (χ0) is 27.4. The number of hydrogen-bond donors (Lipinski definition) is 3. The van der Waals surface area contributed by atoms with E-state index in [1.165, 1.54) is 6.92 Å². The quantitative estimate of drug-likeness (QED) is 0.189. The second-order valence-corrected chi connectivity index (χ2v) is 8.07. The van der Waals surface area contributed by atoms with Crippen molar-refractivity contribution in [3.05, 3.63) is 70.0 Å². The fraction of sp³-hybridized carbons (Fsp3) is 0.375. The van der Waals surface area contributed by atoms with E-state index in [1.807, 2.05) is 0 Å². The number of rotatable bonds is 14. The standard InChI is InChI=1S/C24H27N3O10/c1-2-36-22(32)24(13-21(30)31,19-9-8-18(14-25-19)27(34)35)11-10-17(12-20(28)29)26-23(33)37-15-16-6-4-3-5-7-16/h3-9,14,17H,2,10-13,15H2,1H3,(H,26,33)(H,28,29)(H,30,31). The molecule has 0 bridgehead atoms. The summed E-state index contributed by atoms with van der Waals surface area (Å²) in [6, 6.07) is 9.97. The number of aromatic nitrogens is 1. The lowest BCUT2D eigenvalue weighted by molar-refractivity contribution is -0.385. The molecule has 2 unspecified atom stereocenters. The number of nitrogens with one attached hydrogen (secondary N) is 1. The van der Waals surface area contributed by atoms with Gasteiger partial charge < -0.3 is 25.0 Å². The van der Waals surface area contributed by atoms with Crippen LogP contribution in [0.4, 0.5) is 10.5 Å². The summed E-state index contributed by atoms with van der Waals surface area (Å²) in [7, 11) is 0. The van der Waals surface area contributed by atoms with Crippen LogP contribution >= 0.6 is 0 Å². The van der Waals surface area contributed by atoms with Crippen molar-refractivity contribution in [2.24, 2.45) is 0 Å². The number of nitro groups is 1. The first kappa shape index (κ1) is 28.7.